The molecule has 0 aliphatic carbocycles. The third-order valence-electron chi connectivity index (χ3n) is 4.57. The van der Waals surface area contributed by atoms with Crippen LogP contribution in [0.25, 0.3) is 17.0 Å². The lowest BCUT2D eigenvalue weighted by molar-refractivity contribution is -0.141. The van der Waals surface area contributed by atoms with Crippen LogP contribution in [0.2, 0.25) is 0 Å². The van der Waals surface area contributed by atoms with E-state index in [0.29, 0.717) is 11.4 Å². The predicted octanol–water partition coefficient (Wildman–Crippen LogP) is 4.65. The quantitative estimate of drug-likeness (QED) is 0.333. The summed E-state index contributed by atoms with van der Waals surface area (Å²) in [4.78, 5) is 28.6. The molecule has 0 saturated heterocycles. The molecular weight excluding hydrogens is 397 g/mol. The molecule has 3 aromatic rings. The maximum absolute atomic E-state index is 12.7. The number of nitrogens with zero attached hydrogens (tertiary/aromatic N) is 2. The second-order valence-corrected chi connectivity index (χ2v) is 6.78. The Morgan fingerprint density at radius 2 is 1.87 bits per heavy atom. The number of halogens is 3. The van der Waals surface area contributed by atoms with Crippen molar-refractivity contribution in [2.24, 2.45) is 0 Å². The van der Waals surface area contributed by atoms with Gasteiger partial charge < -0.3 is 9.30 Å². The lowest BCUT2D eigenvalue weighted by Gasteiger charge is -2.12. The summed E-state index contributed by atoms with van der Waals surface area (Å²) < 4.78 is 44.0. The van der Waals surface area contributed by atoms with E-state index in [2.05, 4.69) is 4.98 Å². The first-order chi connectivity index (χ1) is 14.1. The molecule has 0 fully saturated rings. The zero-order chi connectivity index (χ0) is 21.9. The molecule has 156 valence electrons. The highest BCUT2D eigenvalue weighted by Crippen LogP contribution is 2.23. The maximum atomic E-state index is 12.7. The molecule has 30 heavy (non-hydrogen) atoms. The number of pyridine rings is 1. The number of fused-ring (bicyclic) bond motifs is 1. The fourth-order valence-electron chi connectivity index (χ4n) is 3.10. The second kappa shape index (κ2) is 8.52. The number of aryl methyl sites for hydroxylation is 1. The van der Waals surface area contributed by atoms with Crippen LogP contribution < -0.4 is 0 Å². The number of rotatable bonds is 6. The Bertz CT molecular complexity index is 1130. The van der Waals surface area contributed by atoms with Crippen LogP contribution in [0.3, 0.4) is 0 Å². The van der Waals surface area contributed by atoms with E-state index in [1.165, 1.54) is 26.0 Å². The number of hydrogen-bond acceptors (Lipinski definition) is 4. The number of Topliss-reactive ketones (excluding diaryl/α,β-unsaturated/α-hetero) is 1. The maximum Gasteiger partial charge on any atom is 0.406 e. The van der Waals surface area contributed by atoms with E-state index in [-0.39, 0.29) is 11.3 Å². The Hall–Kier alpha value is -3.42. The summed E-state index contributed by atoms with van der Waals surface area (Å²) in [5, 5.41) is 0.964. The molecule has 3 rings (SSSR count). The largest absolute Gasteiger partial charge is 0.454 e. The molecule has 0 spiro atoms. The molecule has 0 saturated carbocycles. The van der Waals surface area contributed by atoms with Gasteiger partial charge in [0.05, 0.1) is 11.2 Å². The summed E-state index contributed by atoms with van der Waals surface area (Å²) in [7, 11) is 0. The van der Waals surface area contributed by atoms with Gasteiger partial charge in [-0.3, -0.25) is 4.79 Å². The van der Waals surface area contributed by atoms with Crippen molar-refractivity contribution in [3.63, 3.8) is 0 Å². The summed E-state index contributed by atoms with van der Waals surface area (Å²) in [5.41, 5.74) is 1.92. The summed E-state index contributed by atoms with van der Waals surface area (Å²) in [6, 6.07) is 12.5. The zero-order valence-corrected chi connectivity index (χ0v) is 16.4. The molecule has 0 unspecified atom stereocenters. The summed E-state index contributed by atoms with van der Waals surface area (Å²) in [6.45, 7) is 1.17. The molecule has 0 N–H and O–H groups in total. The highest BCUT2D eigenvalue weighted by Gasteiger charge is 2.30. The van der Waals surface area contributed by atoms with Crippen LogP contribution in [-0.4, -0.2) is 34.1 Å². The average Bonchev–Trinajstić information content (AvgIpc) is 2.97. The number of alkyl halides is 3. The number of aromatic nitrogens is 2. The highest BCUT2D eigenvalue weighted by molar-refractivity contribution is 6.00. The first kappa shape index (κ1) is 21.3. The van der Waals surface area contributed by atoms with E-state index in [1.54, 1.807) is 6.07 Å². The van der Waals surface area contributed by atoms with E-state index in [9.17, 15) is 22.8 Å². The number of ketones is 1. The van der Waals surface area contributed by atoms with E-state index in [1.807, 2.05) is 30.3 Å². The van der Waals surface area contributed by atoms with Gasteiger partial charge in [0.1, 0.15) is 6.54 Å². The fourth-order valence-corrected chi connectivity index (χ4v) is 3.10. The van der Waals surface area contributed by atoms with Gasteiger partial charge in [0.15, 0.2) is 6.61 Å². The molecule has 0 aliphatic rings. The number of para-hydroxylation sites is 1. The molecule has 5 nitrogen and oxygen atoms in total. The molecule has 0 amide bonds. The number of carbonyl (C=O) groups excluding carboxylic acids is 2. The number of ether oxygens (including phenoxy) is 1. The molecule has 1 aromatic carbocycles. The van der Waals surface area contributed by atoms with Crippen LogP contribution >= 0.6 is 0 Å². The van der Waals surface area contributed by atoms with Gasteiger partial charge in [-0.2, -0.15) is 13.2 Å². The van der Waals surface area contributed by atoms with Crippen molar-refractivity contribution in [2.75, 3.05) is 6.61 Å². The molecule has 2 heterocycles. The van der Waals surface area contributed by atoms with Crippen LogP contribution in [0.5, 0.6) is 0 Å². The zero-order valence-electron chi connectivity index (χ0n) is 16.4. The van der Waals surface area contributed by atoms with E-state index < -0.39 is 31.1 Å². The van der Waals surface area contributed by atoms with Crippen LogP contribution in [-0.2, 0) is 16.1 Å². The fraction of sp³-hybridized carbons (Fsp3) is 0.227. The number of benzene rings is 1. The Morgan fingerprint density at radius 3 is 2.60 bits per heavy atom. The Morgan fingerprint density at radius 1 is 1.13 bits per heavy atom. The minimum Gasteiger partial charge on any atom is -0.454 e. The Labute approximate surface area is 170 Å². The lowest BCUT2D eigenvalue weighted by Crippen LogP contribution is -2.20. The van der Waals surface area contributed by atoms with Gasteiger partial charge in [0, 0.05) is 28.4 Å². The standard InChI is InChI=1S/C22H19F3N2O3/c1-14-11-18(15(2)27(14)13-22(23,24)25)20(28)12-30-21(29)10-9-17-8-7-16-5-3-4-6-19(16)26-17/h3-11H,12-13H2,1-2H3/b10-9+. The number of hydrogen-bond donors (Lipinski definition) is 0. The first-order valence-electron chi connectivity index (χ1n) is 9.11. The van der Waals surface area contributed by atoms with Crippen molar-refractivity contribution in [1.82, 2.24) is 9.55 Å². The van der Waals surface area contributed by atoms with Crippen molar-refractivity contribution in [3.8, 4) is 0 Å². The van der Waals surface area contributed by atoms with Gasteiger partial charge in [-0.05, 0) is 38.1 Å². The van der Waals surface area contributed by atoms with Crippen molar-refractivity contribution < 1.29 is 27.5 Å². The lowest BCUT2D eigenvalue weighted by atomic mass is 10.1. The Balaban J connectivity index is 1.62. The third-order valence-corrected chi connectivity index (χ3v) is 4.57. The molecule has 0 aliphatic heterocycles. The topological polar surface area (TPSA) is 61.2 Å². The summed E-state index contributed by atoms with van der Waals surface area (Å²) in [5.74, 6) is -1.32. The minimum absolute atomic E-state index is 0.102. The minimum atomic E-state index is -4.40. The number of carbonyl (C=O) groups is 2. The molecule has 8 heteroatoms. The molecule has 0 bridgehead atoms. The van der Waals surface area contributed by atoms with Gasteiger partial charge in [-0.25, -0.2) is 9.78 Å². The summed E-state index contributed by atoms with van der Waals surface area (Å²) in [6.07, 6.45) is -1.78. The van der Waals surface area contributed by atoms with Crippen molar-refractivity contribution in [2.45, 2.75) is 26.6 Å². The van der Waals surface area contributed by atoms with E-state index in [0.717, 1.165) is 21.5 Å². The highest BCUT2D eigenvalue weighted by atomic mass is 19.4. The smallest absolute Gasteiger partial charge is 0.406 e. The van der Waals surface area contributed by atoms with Crippen LogP contribution in [0, 0.1) is 13.8 Å². The van der Waals surface area contributed by atoms with E-state index in [4.69, 9.17) is 4.74 Å². The second-order valence-electron chi connectivity index (χ2n) is 6.78. The van der Waals surface area contributed by atoms with Gasteiger partial charge in [0.25, 0.3) is 0 Å². The molecular formula is C22H19F3N2O3. The van der Waals surface area contributed by atoms with Crippen LogP contribution in [0.1, 0.15) is 27.4 Å². The van der Waals surface area contributed by atoms with Gasteiger partial charge in [-0.15, -0.1) is 0 Å². The molecule has 0 radical (unpaired) electrons. The monoisotopic (exact) mass is 416 g/mol. The SMILES string of the molecule is Cc1cc(C(=O)COC(=O)/C=C/c2ccc3ccccc3n2)c(C)n1CC(F)(F)F. The van der Waals surface area contributed by atoms with Crippen LogP contribution in [0.4, 0.5) is 13.2 Å². The van der Waals surface area contributed by atoms with Crippen LogP contribution in [0.15, 0.2) is 48.5 Å². The van der Waals surface area contributed by atoms with E-state index >= 15 is 0 Å². The summed E-state index contributed by atoms with van der Waals surface area (Å²) >= 11 is 0. The van der Waals surface area contributed by atoms with Gasteiger partial charge >= 0.3 is 12.1 Å². The molecule has 2 aromatic heterocycles. The predicted molar refractivity (Wildman–Crippen MR) is 106 cm³/mol. The first-order valence-corrected chi connectivity index (χ1v) is 9.11. The molecule has 0 atom stereocenters. The van der Waals surface area contributed by atoms with Crippen molar-refractivity contribution in [1.29, 1.82) is 0 Å². The van der Waals surface area contributed by atoms with Gasteiger partial charge in [0.2, 0.25) is 5.78 Å². The van der Waals surface area contributed by atoms with Crippen molar-refractivity contribution >= 4 is 28.7 Å². The average molecular weight is 416 g/mol. The number of esters is 1. The van der Waals surface area contributed by atoms with Crippen molar-refractivity contribution in [3.05, 3.63) is 71.2 Å². The normalized spacial score (nSPS) is 11.9. The third kappa shape index (κ3) is 5.14. The van der Waals surface area contributed by atoms with Gasteiger partial charge in [-0.1, -0.05) is 24.3 Å². The Kier molecular flexibility index (Phi) is 6.05.